The highest BCUT2D eigenvalue weighted by Crippen LogP contribution is 2.22. The van der Waals surface area contributed by atoms with E-state index in [0.29, 0.717) is 17.1 Å². The van der Waals surface area contributed by atoms with E-state index >= 15 is 0 Å². The van der Waals surface area contributed by atoms with Crippen molar-refractivity contribution in [2.75, 3.05) is 10.7 Å². The third-order valence-electron chi connectivity index (χ3n) is 3.09. The summed E-state index contributed by atoms with van der Waals surface area (Å²) in [5.74, 6) is 4.98. The number of hydrogen-bond donors (Lipinski definition) is 3. The van der Waals surface area contributed by atoms with Gasteiger partial charge in [-0.05, 0) is 29.7 Å². The first-order valence-corrected chi connectivity index (χ1v) is 6.35. The maximum atomic E-state index is 12.2. The van der Waals surface area contributed by atoms with Gasteiger partial charge in [-0.2, -0.15) is 0 Å². The predicted octanol–water partition coefficient (Wildman–Crippen LogP) is 2.17. The van der Waals surface area contributed by atoms with Gasteiger partial charge in [0.1, 0.15) is 5.69 Å². The second-order valence-electron chi connectivity index (χ2n) is 4.43. The molecule has 0 atom stereocenters. The molecule has 0 aliphatic rings. The van der Waals surface area contributed by atoms with Crippen LogP contribution in [0.3, 0.4) is 0 Å². The molecule has 1 amide bonds. The smallest absolute Gasteiger partial charge is 0.274 e. The number of anilines is 2. The van der Waals surface area contributed by atoms with Crippen LogP contribution in [0.1, 0.15) is 10.5 Å². The number of hydrogen-bond acceptors (Lipinski definition) is 5. The fraction of sp³-hybridized carbons (Fsp3) is 0. The van der Waals surface area contributed by atoms with Gasteiger partial charge in [0.25, 0.3) is 5.91 Å². The van der Waals surface area contributed by atoms with E-state index in [0.717, 1.165) is 10.8 Å². The van der Waals surface area contributed by atoms with Crippen LogP contribution in [0.2, 0.25) is 0 Å². The third kappa shape index (κ3) is 2.65. The molecular weight excluding hydrogens is 266 g/mol. The molecular formula is C15H13N5O. The Kier molecular flexibility index (Phi) is 3.44. The Morgan fingerprint density at radius 1 is 1.10 bits per heavy atom. The normalized spacial score (nSPS) is 10.3. The second-order valence-corrected chi connectivity index (χ2v) is 4.43. The fourth-order valence-electron chi connectivity index (χ4n) is 2.02. The number of carbonyl (C=O) groups is 1. The fourth-order valence-corrected chi connectivity index (χ4v) is 2.02. The Hall–Kier alpha value is -2.99. The average molecular weight is 279 g/mol. The SMILES string of the molecule is NNc1ccc(C(=O)Nc2cccc3ccncc23)nc1. The van der Waals surface area contributed by atoms with Crippen molar-refractivity contribution in [3.63, 3.8) is 0 Å². The molecule has 4 N–H and O–H groups in total. The zero-order chi connectivity index (χ0) is 14.7. The van der Waals surface area contributed by atoms with E-state index in [1.807, 2.05) is 24.3 Å². The molecule has 2 heterocycles. The van der Waals surface area contributed by atoms with Crippen LogP contribution in [0.4, 0.5) is 11.4 Å². The lowest BCUT2D eigenvalue weighted by molar-refractivity contribution is 0.102. The highest BCUT2D eigenvalue weighted by atomic mass is 16.1. The number of pyridine rings is 2. The van der Waals surface area contributed by atoms with Crippen LogP contribution < -0.4 is 16.6 Å². The van der Waals surface area contributed by atoms with E-state index in [4.69, 9.17) is 5.84 Å². The highest BCUT2D eigenvalue weighted by Gasteiger charge is 2.09. The highest BCUT2D eigenvalue weighted by molar-refractivity contribution is 6.08. The quantitative estimate of drug-likeness (QED) is 0.504. The van der Waals surface area contributed by atoms with Gasteiger partial charge in [0.2, 0.25) is 0 Å². The topological polar surface area (TPSA) is 92.9 Å². The van der Waals surface area contributed by atoms with Gasteiger partial charge in [-0.15, -0.1) is 0 Å². The number of rotatable bonds is 3. The molecule has 0 saturated carbocycles. The van der Waals surface area contributed by atoms with E-state index in [1.54, 1.807) is 24.5 Å². The van der Waals surface area contributed by atoms with Crippen molar-refractivity contribution in [3.05, 3.63) is 60.7 Å². The number of benzene rings is 1. The summed E-state index contributed by atoms with van der Waals surface area (Å²) in [6.45, 7) is 0. The van der Waals surface area contributed by atoms with Crippen LogP contribution in [-0.4, -0.2) is 15.9 Å². The lowest BCUT2D eigenvalue weighted by Gasteiger charge is -2.08. The average Bonchev–Trinajstić information content (AvgIpc) is 2.55. The summed E-state index contributed by atoms with van der Waals surface area (Å²) in [5.41, 5.74) is 4.12. The van der Waals surface area contributed by atoms with E-state index in [1.165, 1.54) is 6.20 Å². The summed E-state index contributed by atoms with van der Waals surface area (Å²) in [6.07, 6.45) is 4.94. The van der Waals surface area contributed by atoms with Crippen molar-refractivity contribution in [3.8, 4) is 0 Å². The lowest BCUT2D eigenvalue weighted by Crippen LogP contribution is -2.14. The van der Waals surface area contributed by atoms with Gasteiger partial charge >= 0.3 is 0 Å². The molecule has 0 aliphatic carbocycles. The minimum absolute atomic E-state index is 0.282. The molecule has 0 aliphatic heterocycles. The molecule has 0 unspecified atom stereocenters. The zero-order valence-electron chi connectivity index (χ0n) is 11.1. The summed E-state index contributed by atoms with van der Waals surface area (Å²) in [7, 11) is 0. The van der Waals surface area contributed by atoms with Crippen molar-refractivity contribution in [2.24, 2.45) is 5.84 Å². The van der Waals surface area contributed by atoms with Crippen LogP contribution in [0.25, 0.3) is 10.8 Å². The number of carbonyl (C=O) groups excluding carboxylic acids is 1. The number of nitrogens with zero attached hydrogens (tertiary/aromatic N) is 2. The van der Waals surface area contributed by atoms with Gasteiger partial charge in [-0.3, -0.25) is 15.6 Å². The largest absolute Gasteiger partial charge is 0.323 e. The summed E-state index contributed by atoms with van der Waals surface area (Å²) in [4.78, 5) is 20.4. The number of nitrogen functional groups attached to an aromatic ring is 1. The summed E-state index contributed by atoms with van der Waals surface area (Å²) >= 11 is 0. The molecule has 3 rings (SSSR count). The van der Waals surface area contributed by atoms with Gasteiger partial charge in [0.05, 0.1) is 17.6 Å². The number of nitrogens with one attached hydrogen (secondary N) is 2. The summed E-state index contributed by atoms with van der Waals surface area (Å²) in [6, 6.07) is 10.9. The van der Waals surface area contributed by atoms with Crippen molar-refractivity contribution < 1.29 is 4.79 Å². The van der Waals surface area contributed by atoms with Crippen LogP contribution in [0, 0.1) is 0 Å². The van der Waals surface area contributed by atoms with Gasteiger partial charge in [-0.1, -0.05) is 12.1 Å². The van der Waals surface area contributed by atoms with Crippen LogP contribution >= 0.6 is 0 Å². The molecule has 0 saturated heterocycles. The first-order chi connectivity index (χ1) is 10.3. The lowest BCUT2D eigenvalue weighted by atomic mass is 10.1. The third-order valence-corrected chi connectivity index (χ3v) is 3.09. The van der Waals surface area contributed by atoms with E-state index in [2.05, 4.69) is 20.7 Å². The molecule has 0 radical (unpaired) electrons. The van der Waals surface area contributed by atoms with Crippen molar-refractivity contribution in [2.45, 2.75) is 0 Å². The van der Waals surface area contributed by atoms with Crippen molar-refractivity contribution in [1.82, 2.24) is 9.97 Å². The maximum Gasteiger partial charge on any atom is 0.274 e. The minimum Gasteiger partial charge on any atom is -0.323 e. The molecule has 21 heavy (non-hydrogen) atoms. The first kappa shape index (κ1) is 13.0. The van der Waals surface area contributed by atoms with Gasteiger partial charge in [0.15, 0.2) is 0 Å². The minimum atomic E-state index is -0.282. The molecule has 1 aromatic carbocycles. The first-order valence-electron chi connectivity index (χ1n) is 6.35. The molecule has 104 valence electrons. The van der Waals surface area contributed by atoms with Crippen LogP contribution in [0.5, 0.6) is 0 Å². The van der Waals surface area contributed by atoms with Crippen LogP contribution in [-0.2, 0) is 0 Å². The molecule has 0 bridgehead atoms. The second kappa shape index (κ2) is 5.56. The Bertz CT molecular complexity index is 780. The standard InChI is InChI=1S/C15H13N5O/c16-20-11-4-5-14(18-8-11)15(21)19-13-3-1-2-10-6-7-17-9-12(10)13/h1-9,20H,16H2,(H,19,21). The zero-order valence-corrected chi connectivity index (χ0v) is 11.1. The maximum absolute atomic E-state index is 12.2. The number of nitrogens with two attached hydrogens (primary N) is 1. The van der Waals surface area contributed by atoms with Gasteiger partial charge in [-0.25, -0.2) is 4.98 Å². The Morgan fingerprint density at radius 3 is 2.76 bits per heavy atom. The number of hydrazine groups is 1. The van der Waals surface area contributed by atoms with E-state index in [9.17, 15) is 4.79 Å². The molecule has 0 fully saturated rings. The van der Waals surface area contributed by atoms with Gasteiger partial charge < -0.3 is 10.7 Å². The monoisotopic (exact) mass is 279 g/mol. The van der Waals surface area contributed by atoms with Crippen LogP contribution in [0.15, 0.2) is 55.0 Å². The Balaban J connectivity index is 1.89. The van der Waals surface area contributed by atoms with E-state index in [-0.39, 0.29) is 5.91 Å². The summed E-state index contributed by atoms with van der Waals surface area (Å²) < 4.78 is 0. The molecule has 6 heteroatoms. The number of amides is 1. The molecule has 6 nitrogen and oxygen atoms in total. The molecule has 0 spiro atoms. The van der Waals surface area contributed by atoms with Crippen molar-refractivity contribution in [1.29, 1.82) is 0 Å². The van der Waals surface area contributed by atoms with Crippen molar-refractivity contribution >= 4 is 28.1 Å². The van der Waals surface area contributed by atoms with Gasteiger partial charge in [0, 0.05) is 17.8 Å². The molecule has 3 aromatic rings. The Labute approximate surface area is 121 Å². The number of fused-ring (bicyclic) bond motifs is 1. The molecule has 2 aromatic heterocycles. The predicted molar refractivity (Wildman–Crippen MR) is 81.7 cm³/mol. The Morgan fingerprint density at radius 2 is 2.00 bits per heavy atom. The van der Waals surface area contributed by atoms with E-state index < -0.39 is 0 Å². The number of aromatic nitrogens is 2. The summed E-state index contributed by atoms with van der Waals surface area (Å²) in [5, 5.41) is 4.74.